The maximum absolute atomic E-state index is 5.97. The van der Waals surface area contributed by atoms with E-state index in [1.54, 1.807) is 24.9 Å². The fourth-order valence-corrected chi connectivity index (χ4v) is 3.09. The molecule has 0 aliphatic carbocycles. The third kappa shape index (κ3) is 4.76. The summed E-state index contributed by atoms with van der Waals surface area (Å²) in [6, 6.07) is 9.83. The Morgan fingerprint density at radius 3 is 2.89 bits per heavy atom. The van der Waals surface area contributed by atoms with Crippen LogP contribution in [0.5, 0.6) is 0 Å². The van der Waals surface area contributed by atoms with E-state index in [1.807, 2.05) is 12.1 Å². The fraction of sp³-hybridized carbons (Fsp3) is 0.231. The molecule has 0 N–H and O–H groups in total. The molecule has 2 rings (SSSR count). The van der Waals surface area contributed by atoms with Crippen molar-refractivity contribution in [1.82, 2.24) is 9.97 Å². The smallest absolute Gasteiger partial charge is 0.140 e. The Morgan fingerprint density at radius 1 is 1.32 bits per heavy atom. The zero-order valence-electron chi connectivity index (χ0n) is 10.3. The van der Waals surface area contributed by atoms with Crippen LogP contribution in [0.2, 0.25) is 5.15 Å². The molecule has 1 aromatic heterocycles. The average Bonchev–Trinajstić information content (AvgIpc) is 2.36. The van der Waals surface area contributed by atoms with Gasteiger partial charge in [0.15, 0.2) is 0 Å². The van der Waals surface area contributed by atoms with E-state index < -0.39 is 0 Å². The first-order valence-electron chi connectivity index (χ1n) is 5.57. The summed E-state index contributed by atoms with van der Waals surface area (Å²) in [7, 11) is 1.63. The number of methoxy groups -OCH3 is 1. The lowest BCUT2D eigenvalue weighted by atomic mass is 10.4. The van der Waals surface area contributed by atoms with Gasteiger partial charge in [-0.15, -0.1) is 11.8 Å². The maximum atomic E-state index is 5.97. The van der Waals surface area contributed by atoms with Crippen molar-refractivity contribution in [1.29, 1.82) is 0 Å². The van der Waals surface area contributed by atoms with Crippen LogP contribution in [0, 0.1) is 0 Å². The van der Waals surface area contributed by atoms with E-state index in [0.29, 0.717) is 23.3 Å². The van der Waals surface area contributed by atoms with Crippen molar-refractivity contribution >= 4 is 39.3 Å². The highest BCUT2D eigenvalue weighted by Crippen LogP contribution is 2.24. The van der Waals surface area contributed by atoms with Gasteiger partial charge in [-0.2, -0.15) is 0 Å². The van der Waals surface area contributed by atoms with Crippen molar-refractivity contribution in [2.75, 3.05) is 7.11 Å². The lowest BCUT2D eigenvalue weighted by Crippen LogP contribution is -1.99. The van der Waals surface area contributed by atoms with Crippen molar-refractivity contribution in [3.8, 4) is 0 Å². The Morgan fingerprint density at radius 2 is 2.16 bits per heavy atom. The molecule has 0 bridgehead atoms. The summed E-state index contributed by atoms with van der Waals surface area (Å²) >= 11 is 11.1. The zero-order chi connectivity index (χ0) is 13.7. The van der Waals surface area contributed by atoms with Crippen LogP contribution in [-0.2, 0) is 17.1 Å². The highest BCUT2D eigenvalue weighted by atomic mass is 79.9. The van der Waals surface area contributed by atoms with Gasteiger partial charge in [-0.3, -0.25) is 0 Å². The number of rotatable bonds is 5. The van der Waals surface area contributed by atoms with E-state index in [4.69, 9.17) is 16.3 Å². The first-order valence-corrected chi connectivity index (χ1v) is 7.72. The molecule has 6 heteroatoms. The lowest BCUT2D eigenvalue weighted by molar-refractivity contribution is 0.181. The second kappa shape index (κ2) is 7.24. The molecule has 0 aliphatic rings. The highest BCUT2D eigenvalue weighted by molar-refractivity contribution is 9.10. The fourth-order valence-electron chi connectivity index (χ4n) is 1.51. The molecule has 0 unspecified atom stereocenters. The van der Waals surface area contributed by atoms with Gasteiger partial charge in [-0.1, -0.05) is 33.6 Å². The number of thioether (sulfide) groups is 1. The van der Waals surface area contributed by atoms with Crippen molar-refractivity contribution < 1.29 is 4.74 Å². The molecule has 100 valence electrons. The zero-order valence-corrected chi connectivity index (χ0v) is 13.4. The minimum atomic E-state index is 0.441. The Balaban J connectivity index is 2.06. The highest BCUT2D eigenvalue weighted by Gasteiger charge is 2.04. The molecular weight excluding hydrogens is 348 g/mol. The van der Waals surface area contributed by atoms with Gasteiger partial charge in [0.25, 0.3) is 0 Å². The first kappa shape index (κ1) is 14.8. The molecule has 19 heavy (non-hydrogen) atoms. The topological polar surface area (TPSA) is 35.0 Å². The minimum absolute atomic E-state index is 0.441. The van der Waals surface area contributed by atoms with Crippen LogP contribution in [0.3, 0.4) is 0 Å². The molecule has 0 saturated heterocycles. The van der Waals surface area contributed by atoms with Gasteiger partial charge in [0.2, 0.25) is 0 Å². The summed E-state index contributed by atoms with van der Waals surface area (Å²) in [6.45, 7) is 0.441. The molecule has 0 atom stereocenters. The van der Waals surface area contributed by atoms with Crippen LogP contribution < -0.4 is 0 Å². The summed E-state index contributed by atoms with van der Waals surface area (Å²) in [4.78, 5) is 9.79. The second-order valence-corrected chi connectivity index (χ2v) is 6.13. The van der Waals surface area contributed by atoms with E-state index in [9.17, 15) is 0 Å². The van der Waals surface area contributed by atoms with Gasteiger partial charge >= 0.3 is 0 Å². The van der Waals surface area contributed by atoms with Crippen molar-refractivity contribution in [3.05, 3.63) is 51.5 Å². The molecule has 2 aromatic rings. The van der Waals surface area contributed by atoms with Crippen LogP contribution in [-0.4, -0.2) is 17.1 Å². The number of hydrogen-bond donors (Lipinski definition) is 0. The first-order chi connectivity index (χ1) is 9.17. The van der Waals surface area contributed by atoms with Crippen molar-refractivity contribution in [2.24, 2.45) is 0 Å². The number of benzene rings is 1. The van der Waals surface area contributed by atoms with Crippen molar-refractivity contribution in [3.63, 3.8) is 0 Å². The van der Waals surface area contributed by atoms with Crippen LogP contribution in [0.15, 0.2) is 39.7 Å². The van der Waals surface area contributed by atoms with Gasteiger partial charge in [0.05, 0.1) is 18.1 Å². The Hall–Kier alpha value is -0.620. The molecular formula is C13H12BrClN2OS. The van der Waals surface area contributed by atoms with Crippen LogP contribution in [0.1, 0.15) is 11.5 Å². The Labute approximate surface area is 129 Å². The molecule has 0 fully saturated rings. The number of halogens is 2. The van der Waals surface area contributed by atoms with E-state index in [1.165, 1.54) is 0 Å². The summed E-state index contributed by atoms with van der Waals surface area (Å²) < 4.78 is 6.11. The number of aromatic nitrogens is 2. The number of hydrogen-bond acceptors (Lipinski definition) is 4. The summed E-state index contributed by atoms with van der Waals surface area (Å²) in [5.41, 5.74) is 0.798. The monoisotopic (exact) mass is 358 g/mol. The molecule has 0 spiro atoms. The summed E-state index contributed by atoms with van der Waals surface area (Å²) in [5, 5.41) is 0.451. The predicted molar refractivity (Wildman–Crippen MR) is 81.5 cm³/mol. The maximum Gasteiger partial charge on any atom is 0.140 e. The van der Waals surface area contributed by atoms with E-state index >= 15 is 0 Å². The molecule has 3 nitrogen and oxygen atoms in total. The molecule has 0 saturated carbocycles. The van der Waals surface area contributed by atoms with Crippen LogP contribution >= 0.6 is 39.3 Å². The van der Waals surface area contributed by atoms with Gasteiger partial charge in [0.1, 0.15) is 11.0 Å². The standard InChI is InChI=1S/C13H12BrClN2OS/c1-18-7-10-6-12(15)17-13(16-10)8-19-11-4-2-3-9(14)5-11/h2-6H,7-8H2,1H3. The largest absolute Gasteiger partial charge is 0.378 e. The summed E-state index contributed by atoms with van der Waals surface area (Å²) in [5.74, 6) is 1.39. The molecule has 0 radical (unpaired) electrons. The minimum Gasteiger partial charge on any atom is -0.378 e. The third-order valence-corrected chi connectivity index (χ3v) is 3.93. The SMILES string of the molecule is COCc1cc(Cl)nc(CSc2cccc(Br)c2)n1. The average molecular weight is 360 g/mol. The van der Waals surface area contributed by atoms with E-state index in [2.05, 4.69) is 38.0 Å². The second-order valence-electron chi connectivity index (χ2n) is 3.78. The van der Waals surface area contributed by atoms with E-state index in [-0.39, 0.29) is 0 Å². The molecule has 1 heterocycles. The summed E-state index contributed by atoms with van der Waals surface area (Å²) in [6.07, 6.45) is 0. The van der Waals surface area contributed by atoms with Crippen LogP contribution in [0.4, 0.5) is 0 Å². The number of ether oxygens (including phenoxy) is 1. The molecule has 0 aliphatic heterocycles. The Bertz CT molecular complexity index is 568. The lowest BCUT2D eigenvalue weighted by Gasteiger charge is -2.05. The number of nitrogens with zero attached hydrogens (tertiary/aromatic N) is 2. The quantitative estimate of drug-likeness (QED) is 0.588. The van der Waals surface area contributed by atoms with Gasteiger partial charge in [-0.05, 0) is 24.3 Å². The van der Waals surface area contributed by atoms with Crippen molar-refractivity contribution in [2.45, 2.75) is 17.3 Å². The normalized spacial score (nSPS) is 10.7. The van der Waals surface area contributed by atoms with Gasteiger partial charge in [0, 0.05) is 16.5 Å². The molecule has 1 aromatic carbocycles. The predicted octanol–water partition coefficient (Wildman–Crippen LogP) is 4.33. The van der Waals surface area contributed by atoms with E-state index in [0.717, 1.165) is 15.1 Å². The Kier molecular flexibility index (Phi) is 5.63. The molecule has 0 amide bonds. The third-order valence-electron chi connectivity index (χ3n) is 2.25. The van der Waals surface area contributed by atoms with Gasteiger partial charge in [-0.25, -0.2) is 9.97 Å². The van der Waals surface area contributed by atoms with Gasteiger partial charge < -0.3 is 4.74 Å². The van der Waals surface area contributed by atoms with Crippen LogP contribution in [0.25, 0.3) is 0 Å².